The van der Waals surface area contributed by atoms with Crippen LogP contribution in [0.2, 0.25) is 0 Å². The predicted octanol–water partition coefficient (Wildman–Crippen LogP) is 2.61. The van der Waals surface area contributed by atoms with E-state index in [4.69, 9.17) is 4.74 Å². The smallest absolute Gasteiger partial charge is 0.0796 e. The molecule has 0 aromatic heterocycles. The lowest BCUT2D eigenvalue weighted by atomic mass is 10.2. The molecule has 20 heavy (non-hydrogen) atoms. The van der Waals surface area contributed by atoms with E-state index in [9.17, 15) is 0 Å². The van der Waals surface area contributed by atoms with Crippen LogP contribution in [0.5, 0.6) is 0 Å². The molecule has 1 N–H and O–H groups in total. The van der Waals surface area contributed by atoms with Crippen molar-refractivity contribution in [3.63, 3.8) is 0 Å². The predicted molar refractivity (Wildman–Crippen MR) is 86.4 cm³/mol. The molecule has 0 spiro atoms. The highest BCUT2D eigenvalue weighted by molar-refractivity contribution is 7.99. The van der Waals surface area contributed by atoms with Gasteiger partial charge in [0.2, 0.25) is 0 Å². The van der Waals surface area contributed by atoms with Crippen molar-refractivity contribution in [2.45, 2.75) is 31.4 Å². The van der Waals surface area contributed by atoms with Crippen molar-refractivity contribution in [2.24, 2.45) is 0 Å². The molecule has 1 aliphatic rings. The first-order valence-corrected chi connectivity index (χ1v) is 8.56. The second-order valence-electron chi connectivity index (χ2n) is 5.12. The maximum Gasteiger partial charge on any atom is 0.0796 e. The molecule has 0 amide bonds. The topological polar surface area (TPSA) is 24.5 Å². The highest BCUT2D eigenvalue weighted by Crippen LogP contribution is 2.21. The minimum Gasteiger partial charge on any atom is -0.375 e. The summed E-state index contributed by atoms with van der Waals surface area (Å²) >= 11 is 1.90. The zero-order valence-corrected chi connectivity index (χ0v) is 13.4. The van der Waals surface area contributed by atoms with Crippen LogP contribution in [0.25, 0.3) is 0 Å². The fraction of sp³-hybridized carbons (Fsp3) is 0.625. The first-order chi connectivity index (χ1) is 9.81. The molecule has 0 aliphatic carbocycles. The van der Waals surface area contributed by atoms with Gasteiger partial charge in [-0.15, -0.1) is 11.8 Å². The van der Waals surface area contributed by atoms with Gasteiger partial charge in [0.1, 0.15) is 0 Å². The standard InChI is InChI=1S/C16H26N2OS/c1-3-17-11-14-5-7-16(8-6-14)20-13-15-12-18(4-2)9-10-19-15/h5-8,15,17H,3-4,9-13H2,1-2H3. The molecule has 1 aromatic rings. The summed E-state index contributed by atoms with van der Waals surface area (Å²) in [6, 6.07) is 8.87. The van der Waals surface area contributed by atoms with Gasteiger partial charge in [0.25, 0.3) is 0 Å². The summed E-state index contributed by atoms with van der Waals surface area (Å²) < 4.78 is 5.84. The fourth-order valence-corrected chi connectivity index (χ4v) is 3.24. The number of thioether (sulfide) groups is 1. The van der Waals surface area contributed by atoms with Crippen LogP contribution in [0.15, 0.2) is 29.2 Å². The van der Waals surface area contributed by atoms with Gasteiger partial charge in [-0.25, -0.2) is 0 Å². The fourth-order valence-electron chi connectivity index (χ4n) is 2.33. The van der Waals surface area contributed by atoms with Gasteiger partial charge >= 0.3 is 0 Å². The Morgan fingerprint density at radius 3 is 2.80 bits per heavy atom. The van der Waals surface area contributed by atoms with Crippen LogP contribution >= 0.6 is 11.8 Å². The first kappa shape index (κ1) is 15.8. The monoisotopic (exact) mass is 294 g/mol. The maximum absolute atomic E-state index is 5.84. The van der Waals surface area contributed by atoms with Crippen LogP contribution in [0, 0.1) is 0 Å². The molecule has 0 radical (unpaired) electrons. The summed E-state index contributed by atoms with van der Waals surface area (Å²) in [5.74, 6) is 1.04. The summed E-state index contributed by atoms with van der Waals surface area (Å²) in [7, 11) is 0. The largest absolute Gasteiger partial charge is 0.375 e. The van der Waals surface area contributed by atoms with Crippen molar-refractivity contribution >= 4 is 11.8 Å². The SMILES string of the molecule is CCNCc1ccc(SCC2CN(CC)CCO2)cc1. The van der Waals surface area contributed by atoms with Crippen molar-refractivity contribution in [1.82, 2.24) is 10.2 Å². The summed E-state index contributed by atoms with van der Waals surface area (Å²) in [6.45, 7) is 10.5. The minimum absolute atomic E-state index is 0.370. The van der Waals surface area contributed by atoms with Crippen LogP contribution < -0.4 is 5.32 Å². The molecule has 2 rings (SSSR count). The van der Waals surface area contributed by atoms with Crippen LogP contribution in [-0.4, -0.2) is 49.5 Å². The minimum atomic E-state index is 0.370. The molecule has 112 valence electrons. The molecule has 1 fully saturated rings. The molecular weight excluding hydrogens is 268 g/mol. The normalized spacial score (nSPS) is 20.2. The van der Waals surface area contributed by atoms with Crippen molar-refractivity contribution in [3.8, 4) is 0 Å². The van der Waals surface area contributed by atoms with E-state index in [-0.39, 0.29) is 0 Å². The Balaban J connectivity index is 1.75. The van der Waals surface area contributed by atoms with E-state index in [0.29, 0.717) is 6.10 Å². The lowest BCUT2D eigenvalue weighted by Crippen LogP contribution is -2.43. The van der Waals surface area contributed by atoms with Crippen LogP contribution in [-0.2, 0) is 11.3 Å². The van der Waals surface area contributed by atoms with Gasteiger partial charge in [-0.2, -0.15) is 0 Å². The number of nitrogens with zero attached hydrogens (tertiary/aromatic N) is 1. The molecule has 0 bridgehead atoms. The van der Waals surface area contributed by atoms with E-state index in [0.717, 1.165) is 45.1 Å². The Labute approximate surface area is 127 Å². The number of hydrogen-bond donors (Lipinski definition) is 1. The van der Waals surface area contributed by atoms with Gasteiger partial charge in [-0.1, -0.05) is 26.0 Å². The van der Waals surface area contributed by atoms with Gasteiger partial charge in [0.15, 0.2) is 0 Å². The van der Waals surface area contributed by atoms with Gasteiger partial charge in [-0.3, -0.25) is 4.90 Å². The number of morpholine rings is 1. The van der Waals surface area contributed by atoms with E-state index >= 15 is 0 Å². The van der Waals surface area contributed by atoms with Crippen molar-refractivity contribution in [1.29, 1.82) is 0 Å². The molecule has 1 atom stereocenters. The second-order valence-corrected chi connectivity index (χ2v) is 6.21. The average Bonchev–Trinajstić information content (AvgIpc) is 2.52. The van der Waals surface area contributed by atoms with E-state index in [1.807, 2.05) is 11.8 Å². The highest BCUT2D eigenvalue weighted by Gasteiger charge is 2.19. The van der Waals surface area contributed by atoms with Crippen molar-refractivity contribution < 1.29 is 4.74 Å². The number of ether oxygens (including phenoxy) is 1. The number of nitrogens with one attached hydrogen (secondary N) is 1. The Bertz CT molecular complexity index is 383. The summed E-state index contributed by atoms with van der Waals surface area (Å²) in [4.78, 5) is 3.80. The number of benzene rings is 1. The number of rotatable bonds is 7. The van der Waals surface area contributed by atoms with Gasteiger partial charge < -0.3 is 10.1 Å². The molecule has 1 unspecified atom stereocenters. The molecule has 1 aromatic carbocycles. The van der Waals surface area contributed by atoms with Crippen LogP contribution in [0.4, 0.5) is 0 Å². The average molecular weight is 294 g/mol. The zero-order chi connectivity index (χ0) is 14.2. The molecule has 1 heterocycles. The van der Waals surface area contributed by atoms with E-state index in [1.165, 1.54) is 10.5 Å². The number of likely N-dealkylation sites (N-methyl/N-ethyl adjacent to an activating group) is 1. The quantitative estimate of drug-likeness (QED) is 0.781. The van der Waals surface area contributed by atoms with E-state index in [2.05, 4.69) is 48.3 Å². The van der Waals surface area contributed by atoms with E-state index in [1.54, 1.807) is 0 Å². The third kappa shape index (κ3) is 5.09. The molecule has 4 heteroatoms. The lowest BCUT2D eigenvalue weighted by Gasteiger charge is -2.31. The van der Waals surface area contributed by atoms with E-state index < -0.39 is 0 Å². The number of hydrogen-bond acceptors (Lipinski definition) is 4. The Kier molecular flexibility index (Phi) is 6.87. The zero-order valence-electron chi connectivity index (χ0n) is 12.6. The van der Waals surface area contributed by atoms with Crippen LogP contribution in [0.3, 0.4) is 0 Å². The summed E-state index contributed by atoms with van der Waals surface area (Å²) in [5.41, 5.74) is 1.35. The van der Waals surface area contributed by atoms with Crippen LogP contribution in [0.1, 0.15) is 19.4 Å². The third-order valence-electron chi connectivity index (χ3n) is 3.61. The Hall–Kier alpha value is -0.550. The van der Waals surface area contributed by atoms with Crippen molar-refractivity contribution in [3.05, 3.63) is 29.8 Å². The summed E-state index contributed by atoms with van der Waals surface area (Å²) in [5, 5.41) is 3.35. The van der Waals surface area contributed by atoms with Gasteiger partial charge in [-0.05, 0) is 30.8 Å². The molecule has 1 aliphatic heterocycles. The Morgan fingerprint density at radius 2 is 2.10 bits per heavy atom. The molecule has 1 saturated heterocycles. The summed E-state index contributed by atoms with van der Waals surface area (Å²) in [6.07, 6.45) is 0.370. The third-order valence-corrected chi connectivity index (χ3v) is 4.75. The Morgan fingerprint density at radius 1 is 1.30 bits per heavy atom. The molecule has 0 saturated carbocycles. The molecule has 3 nitrogen and oxygen atoms in total. The lowest BCUT2D eigenvalue weighted by molar-refractivity contribution is -0.0137. The highest BCUT2D eigenvalue weighted by atomic mass is 32.2. The second kappa shape index (κ2) is 8.67. The maximum atomic E-state index is 5.84. The molecular formula is C16H26N2OS. The van der Waals surface area contributed by atoms with Gasteiger partial charge in [0, 0.05) is 30.3 Å². The van der Waals surface area contributed by atoms with Gasteiger partial charge in [0.05, 0.1) is 12.7 Å². The first-order valence-electron chi connectivity index (χ1n) is 7.58. The van der Waals surface area contributed by atoms with Crippen molar-refractivity contribution in [2.75, 3.05) is 38.5 Å².